The summed E-state index contributed by atoms with van der Waals surface area (Å²) in [6.45, 7) is 3.44. The van der Waals surface area contributed by atoms with E-state index in [1.165, 1.54) is 0 Å². The molecule has 1 heterocycles. The van der Waals surface area contributed by atoms with Gasteiger partial charge in [-0.2, -0.15) is 15.3 Å². The molecule has 1 aromatic rings. The molecule has 0 saturated heterocycles. The van der Waals surface area contributed by atoms with Gasteiger partial charge in [-0.25, -0.2) is 0 Å². The van der Waals surface area contributed by atoms with Gasteiger partial charge in [-0.15, -0.1) is 5.10 Å². The van der Waals surface area contributed by atoms with E-state index < -0.39 is 0 Å². The van der Waals surface area contributed by atoms with Gasteiger partial charge < -0.3 is 30.6 Å². The number of hydrogen-bond donors (Lipinski definition) is 1. The number of pyridine rings is 1. The van der Waals surface area contributed by atoms with E-state index in [-0.39, 0.29) is 22.2 Å². The number of amidine groups is 1. The fourth-order valence-electron chi connectivity index (χ4n) is 1.15. The molecule has 0 saturated carbocycles. The second-order valence-electron chi connectivity index (χ2n) is 3.62. The van der Waals surface area contributed by atoms with E-state index >= 15 is 0 Å². The third-order valence-electron chi connectivity index (χ3n) is 2.05. The van der Waals surface area contributed by atoms with Crippen molar-refractivity contribution in [3.8, 4) is 0 Å². The van der Waals surface area contributed by atoms with Crippen molar-refractivity contribution in [2.24, 2.45) is 20.4 Å². The van der Waals surface area contributed by atoms with E-state index in [2.05, 4.69) is 30.7 Å². The predicted molar refractivity (Wildman–Crippen MR) is 88.2 cm³/mol. The van der Waals surface area contributed by atoms with Crippen molar-refractivity contribution < 1.29 is 17.1 Å². The molecule has 0 bridgehead atoms. The fraction of sp³-hybridized carbons (Fsp3) is 0.250. The van der Waals surface area contributed by atoms with Crippen LogP contribution in [-0.2, 0) is 42.3 Å². The standard InChI is InChI=1S/C12H16N6S2.Cu/c1-8(15-16-9(2)19)11(17-18-12(20)13-3)10-6-4-5-7-14-10;/h4-7H,1-3H3,(H,16,19)(H2,13,18,20);/q;+2/p-2/b15-8+,17-11-;. The van der Waals surface area contributed by atoms with Crippen LogP contribution in [0, 0.1) is 0 Å². The molecule has 0 spiro atoms. The molecule has 6 nitrogen and oxygen atoms in total. The van der Waals surface area contributed by atoms with Crippen LogP contribution in [-0.4, -0.2) is 33.7 Å². The quantitative estimate of drug-likeness (QED) is 0.285. The Labute approximate surface area is 145 Å². The first-order valence-electron chi connectivity index (χ1n) is 5.72. The van der Waals surface area contributed by atoms with E-state index in [9.17, 15) is 0 Å². The molecule has 21 heavy (non-hydrogen) atoms. The van der Waals surface area contributed by atoms with Crippen LogP contribution in [0.15, 0.2) is 44.8 Å². The van der Waals surface area contributed by atoms with Crippen LogP contribution in [0.5, 0.6) is 0 Å². The van der Waals surface area contributed by atoms with E-state index in [4.69, 9.17) is 25.3 Å². The molecular weight excluding hydrogens is 356 g/mol. The number of aromatic nitrogens is 1. The van der Waals surface area contributed by atoms with Crippen LogP contribution in [0.25, 0.3) is 0 Å². The van der Waals surface area contributed by atoms with Gasteiger partial charge in [0.2, 0.25) is 0 Å². The minimum atomic E-state index is 0. The summed E-state index contributed by atoms with van der Waals surface area (Å²) in [5.74, 6) is 0. The second-order valence-corrected chi connectivity index (χ2v) is 4.60. The summed E-state index contributed by atoms with van der Waals surface area (Å²) in [6.07, 6.45) is 1.66. The van der Waals surface area contributed by atoms with Gasteiger partial charge in [0.1, 0.15) is 5.71 Å². The second kappa shape index (κ2) is 10.3. The molecule has 115 valence electrons. The van der Waals surface area contributed by atoms with Gasteiger partial charge in [-0.1, -0.05) is 11.1 Å². The topological polar surface area (TPSA) is 74.4 Å². The Bertz CT molecular complexity index is 564. The van der Waals surface area contributed by atoms with Crippen molar-refractivity contribution in [3.63, 3.8) is 0 Å². The van der Waals surface area contributed by atoms with E-state index in [1.807, 2.05) is 12.1 Å². The molecule has 0 aromatic carbocycles. The molecule has 0 atom stereocenters. The first kappa shape index (κ1) is 19.6. The van der Waals surface area contributed by atoms with Gasteiger partial charge in [-0.3, -0.25) is 4.98 Å². The van der Waals surface area contributed by atoms with Crippen molar-refractivity contribution in [2.75, 3.05) is 7.05 Å². The Kier molecular flexibility index (Phi) is 9.64. The first-order valence-corrected chi connectivity index (χ1v) is 6.54. The number of rotatable bonds is 4. The average molecular weight is 370 g/mol. The van der Waals surface area contributed by atoms with Gasteiger partial charge in [0.15, 0.2) is 0 Å². The van der Waals surface area contributed by atoms with Crippen LogP contribution in [0.2, 0.25) is 0 Å². The summed E-state index contributed by atoms with van der Waals surface area (Å²) >= 11 is 9.79. The van der Waals surface area contributed by atoms with E-state index in [0.29, 0.717) is 22.2 Å². The van der Waals surface area contributed by atoms with Gasteiger partial charge in [0.25, 0.3) is 0 Å². The summed E-state index contributed by atoms with van der Waals surface area (Å²) in [7, 11) is 1.67. The van der Waals surface area contributed by atoms with Crippen LogP contribution < -0.4 is 5.32 Å². The largest absolute Gasteiger partial charge is 2.00 e. The molecule has 0 amide bonds. The van der Waals surface area contributed by atoms with Gasteiger partial charge >= 0.3 is 17.1 Å². The third kappa shape index (κ3) is 7.24. The smallest absolute Gasteiger partial charge is 0.763 e. The molecule has 1 aromatic heterocycles. The summed E-state index contributed by atoms with van der Waals surface area (Å²) in [4.78, 5) is 4.22. The molecule has 0 fully saturated rings. The molecule has 0 aliphatic rings. The Balaban J connectivity index is 0.00000400. The maximum absolute atomic E-state index is 4.93. The van der Waals surface area contributed by atoms with Gasteiger partial charge in [0, 0.05) is 13.2 Å². The van der Waals surface area contributed by atoms with Gasteiger partial charge in [-0.05, 0) is 31.1 Å². The zero-order valence-electron chi connectivity index (χ0n) is 11.7. The minimum Gasteiger partial charge on any atom is -0.763 e. The molecule has 9 heteroatoms. The summed E-state index contributed by atoms with van der Waals surface area (Å²) in [5, 5.41) is 19.2. The number of hydrogen-bond acceptors (Lipinski definition) is 7. The van der Waals surface area contributed by atoms with Crippen molar-refractivity contribution in [3.05, 3.63) is 30.1 Å². The summed E-state index contributed by atoms with van der Waals surface area (Å²) in [5.41, 5.74) is 1.67. The Morgan fingerprint density at radius 3 is 2.33 bits per heavy atom. The zero-order valence-corrected chi connectivity index (χ0v) is 14.2. The first-order chi connectivity index (χ1) is 9.54. The predicted octanol–water partition coefficient (Wildman–Crippen LogP) is 1.25. The van der Waals surface area contributed by atoms with Crippen LogP contribution in [0.3, 0.4) is 0 Å². The van der Waals surface area contributed by atoms with Crippen molar-refractivity contribution >= 4 is 46.9 Å². The fourth-order valence-corrected chi connectivity index (χ4v) is 1.23. The normalized spacial score (nSPS) is 13.7. The Hall–Kier alpha value is -1.41. The van der Waals surface area contributed by atoms with Gasteiger partial charge in [0.05, 0.1) is 11.4 Å². The summed E-state index contributed by atoms with van der Waals surface area (Å²) in [6, 6.07) is 5.47. The Morgan fingerprint density at radius 2 is 1.81 bits per heavy atom. The van der Waals surface area contributed by atoms with Crippen molar-refractivity contribution in [1.82, 2.24) is 10.3 Å². The number of nitrogens with zero attached hydrogens (tertiary/aromatic N) is 5. The maximum atomic E-state index is 4.93. The molecule has 1 N–H and O–H groups in total. The van der Waals surface area contributed by atoms with Crippen molar-refractivity contribution in [1.29, 1.82) is 0 Å². The monoisotopic (exact) mass is 369 g/mol. The van der Waals surface area contributed by atoms with Crippen LogP contribution in [0.4, 0.5) is 0 Å². The van der Waals surface area contributed by atoms with Crippen LogP contribution in [0.1, 0.15) is 19.5 Å². The molecule has 1 radical (unpaired) electrons. The molecular formula is C12H14CuN6S2. The maximum Gasteiger partial charge on any atom is 2.00 e. The minimum absolute atomic E-state index is 0. The van der Waals surface area contributed by atoms with Crippen molar-refractivity contribution in [2.45, 2.75) is 13.8 Å². The van der Waals surface area contributed by atoms with E-state index in [0.717, 1.165) is 0 Å². The Morgan fingerprint density at radius 1 is 1.10 bits per heavy atom. The third-order valence-corrected chi connectivity index (χ3v) is 2.41. The number of nitrogens with one attached hydrogen (secondary N) is 1. The van der Waals surface area contributed by atoms with Crippen LogP contribution >= 0.6 is 0 Å². The molecule has 0 aliphatic carbocycles. The molecule has 1 rings (SSSR count). The SMILES string of the molecule is CN/C([S-])=N/N=C(/C(C)=N/N=C(/C)[S-])c1ccccn1.[Cu+2]. The summed E-state index contributed by atoms with van der Waals surface area (Å²) < 4.78 is 0. The average Bonchev–Trinajstić information content (AvgIpc) is 2.46. The molecule has 0 unspecified atom stereocenters. The van der Waals surface area contributed by atoms with E-state index in [1.54, 1.807) is 33.2 Å². The molecule has 0 aliphatic heterocycles. The zero-order chi connectivity index (χ0) is 15.0.